The fourth-order valence-corrected chi connectivity index (χ4v) is 5.16. The van der Waals surface area contributed by atoms with E-state index in [2.05, 4.69) is 87.8 Å². The molecule has 6 nitrogen and oxygen atoms in total. The highest BCUT2D eigenvalue weighted by molar-refractivity contribution is 6.25. The van der Waals surface area contributed by atoms with E-state index in [0.29, 0.717) is 29.9 Å². The van der Waals surface area contributed by atoms with Crippen molar-refractivity contribution in [1.82, 2.24) is 0 Å². The number of unbranched alkanes of at least 4 members (excludes halogenated alkanes) is 2. The fraction of sp³-hybridized carbons (Fsp3) is 0.455. The van der Waals surface area contributed by atoms with E-state index in [9.17, 15) is 9.90 Å². The van der Waals surface area contributed by atoms with Crippen LogP contribution in [0.4, 0.5) is 22.7 Å². The third-order valence-corrected chi connectivity index (χ3v) is 7.19. The molecule has 6 heteroatoms. The van der Waals surface area contributed by atoms with Gasteiger partial charge in [-0.05, 0) is 103 Å². The maximum Gasteiger partial charge on any atom is 0.206 e. The highest BCUT2D eigenvalue weighted by atomic mass is 16.3. The molecule has 2 aromatic rings. The minimum absolute atomic E-state index is 0.0793. The van der Waals surface area contributed by atoms with Crippen LogP contribution >= 0.6 is 0 Å². The summed E-state index contributed by atoms with van der Waals surface area (Å²) in [6, 6.07) is 17.0. The third-order valence-electron chi connectivity index (χ3n) is 7.19. The number of carbonyl (C=O) groups excluding carboxylic acids is 1. The summed E-state index contributed by atoms with van der Waals surface area (Å²) in [6.07, 6.45) is 4.95. The lowest BCUT2D eigenvalue weighted by Crippen LogP contribution is -2.30. The average molecular weight is 531 g/mol. The zero-order valence-corrected chi connectivity index (χ0v) is 24.8. The Morgan fingerprint density at radius 1 is 0.821 bits per heavy atom. The van der Waals surface area contributed by atoms with Crippen LogP contribution in [0.15, 0.2) is 76.6 Å². The van der Waals surface area contributed by atoms with Gasteiger partial charge in [0.2, 0.25) is 5.78 Å². The van der Waals surface area contributed by atoms with Gasteiger partial charge in [-0.3, -0.25) is 4.79 Å². The number of nitrogens with zero attached hydrogens (tertiary/aromatic N) is 3. The number of aliphatic hydroxyl groups is 1. The molecule has 1 aliphatic rings. The van der Waals surface area contributed by atoms with Crippen LogP contribution in [0.2, 0.25) is 0 Å². The summed E-state index contributed by atoms with van der Waals surface area (Å²) in [4.78, 5) is 22.6. The van der Waals surface area contributed by atoms with E-state index in [1.165, 1.54) is 6.08 Å². The summed E-state index contributed by atoms with van der Waals surface area (Å²) in [7, 11) is 0. The Balaban J connectivity index is 1.98. The molecule has 0 unspecified atom stereocenters. The number of carbonyl (C=O) groups is 1. The Bertz CT molecular complexity index is 1190. The topological polar surface area (TPSA) is 68.2 Å². The number of hydrogen-bond donors (Lipinski definition) is 2. The lowest BCUT2D eigenvalue weighted by atomic mass is 9.92. The monoisotopic (exact) mass is 530 g/mol. The Labute approximate surface area is 235 Å². The first-order valence-electron chi connectivity index (χ1n) is 14.5. The molecule has 39 heavy (non-hydrogen) atoms. The number of rotatable bonds is 13. The second-order valence-electron chi connectivity index (χ2n) is 10.6. The fourth-order valence-electron chi connectivity index (χ4n) is 5.16. The van der Waals surface area contributed by atoms with Crippen molar-refractivity contribution in [2.24, 2.45) is 4.99 Å². The molecule has 3 rings (SSSR count). The van der Waals surface area contributed by atoms with Crippen molar-refractivity contribution < 1.29 is 9.90 Å². The van der Waals surface area contributed by atoms with Gasteiger partial charge in [0.15, 0.2) is 0 Å². The molecule has 210 valence electrons. The quantitative estimate of drug-likeness (QED) is 0.202. The number of benzene rings is 2. The van der Waals surface area contributed by atoms with Crippen LogP contribution in [-0.2, 0) is 4.79 Å². The van der Waals surface area contributed by atoms with Crippen molar-refractivity contribution >= 4 is 34.2 Å². The van der Waals surface area contributed by atoms with Gasteiger partial charge in [-0.2, -0.15) is 0 Å². The smallest absolute Gasteiger partial charge is 0.206 e. The van der Waals surface area contributed by atoms with Gasteiger partial charge in [0.1, 0.15) is 11.5 Å². The predicted molar refractivity (Wildman–Crippen MR) is 167 cm³/mol. The van der Waals surface area contributed by atoms with Crippen LogP contribution in [0.1, 0.15) is 74.1 Å². The Morgan fingerprint density at radius 2 is 1.36 bits per heavy atom. The van der Waals surface area contributed by atoms with E-state index in [0.717, 1.165) is 60.7 Å². The van der Waals surface area contributed by atoms with E-state index < -0.39 is 0 Å². The van der Waals surface area contributed by atoms with E-state index in [1.54, 1.807) is 0 Å². The van der Waals surface area contributed by atoms with Gasteiger partial charge in [0, 0.05) is 53.9 Å². The summed E-state index contributed by atoms with van der Waals surface area (Å²) in [6.45, 7) is 17.0. The molecule has 0 saturated heterocycles. The van der Waals surface area contributed by atoms with Crippen LogP contribution in [0.25, 0.3) is 0 Å². The molecule has 0 amide bonds. The molecule has 2 aromatic carbocycles. The molecule has 0 atom stereocenters. The second-order valence-corrected chi connectivity index (χ2v) is 10.6. The number of nitrogens with one attached hydrogen (secondary N) is 1. The third kappa shape index (κ3) is 7.53. The predicted octanol–water partition coefficient (Wildman–Crippen LogP) is 8.20. The van der Waals surface area contributed by atoms with Crippen molar-refractivity contribution in [3.63, 3.8) is 0 Å². The van der Waals surface area contributed by atoms with Crippen LogP contribution in [0.3, 0.4) is 0 Å². The average Bonchev–Trinajstić information content (AvgIpc) is 2.90. The maximum absolute atomic E-state index is 13.2. The number of aliphatic imine (C=N–C) groups is 1. The number of allylic oxidation sites excluding steroid dienone is 2. The highest BCUT2D eigenvalue weighted by Gasteiger charge is 2.27. The molecule has 2 N–H and O–H groups in total. The van der Waals surface area contributed by atoms with Crippen LogP contribution in [-0.4, -0.2) is 41.8 Å². The summed E-state index contributed by atoms with van der Waals surface area (Å²) in [5.74, 6) is -0.311. The lowest BCUT2D eigenvalue weighted by molar-refractivity contribution is -0.111. The molecule has 0 aliphatic heterocycles. The van der Waals surface area contributed by atoms with Crippen molar-refractivity contribution in [3.05, 3.63) is 71.6 Å². The molecule has 1 aliphatic carbocycles. The SMILES string of the molecule is CCCCCC1=C(Nc2ccc(N(CC)C(C)C)cc2)C(=O)C=C(O)C1=Nc1ccc(N(CC)C(C)C)cc1. The normalized spacial score (nSPS) is 14.8. The molecule has 0 bridgehead atoms. The van der Waals surface area contributed by atoms with Gasteiger partial charge in [0.05, 0.1) is 11.4 Å². The number of aliphatic hydroxyl groups excluding tert-OH is 1. The Morgan fingerprint density at radius 3 is 1.85 bits per heavy atom. The number of hydrogen-bond acceptors (Lipinski definition) is 6. The molecule has 0 radical (unpaired) electrons. The van der Waals surface area contributed by atoms with Crippen LogP contribution in [0.5, 0.6) is 0 Å². The zero-order valence-electron chi connectivity index (χ0n) is 24.8. The van der Waals surface area contributed by atoms with Gasteiger partial charge in [-0.15, -0.1) is 0 Å². The lowest BCUT2D eigenvalue weighted by Gasteiger charge is -2.28. The molecule has 0 heterocycles. The second kappa shape index (κ2) is 14.0. The summed E-state index contributed by atoms with van der Waals surface area (Å²) in [5, 5.41) is 14.2. The molecule has 0 aromatic heterocycles. The first kappa shape index (κ1) is 30.0. The first-order chi connectivity index (χ1) is 18.7. The van der Waals surface area contributed by atoms with E-state index in [4.69, 9.17) is 4.99 Å². The van der Waals surface area contributed by atoms with Crippen molar-refractivity contribution in [1.29, 1.82) is 0 Å². The number of anilines is 3. The van der Waals surface area contributed by atoms with Crippen LogP contribution < -0.4 is 15.1 Å². The first-order valence-corrected chi connectivity index (χ1v) is 14.5. The van der Waals surface area contributed by atoms with Crippen molar-refractivity contribution in [2.75, 3.05) is 28.2 Å². The summed E-state index contributed by atoms with van der Waals surface area (Å²) in [5.41, 5.74) is 5.57. The standard InChI is InChI=1S/C33H46N4O2/c1-8-11-12-13-29-32(34-25-14-18-27(19-15-25)36(9-2)23(4)5)30(38)22-31(39)33(29)35-26-16-20-28(21-17-26)37(10-3)24(6)7/h14-24,34,39H,8-13H2,1-7H3. The highest BCUT2D eigenvalue weighted by Crippen LogP contribution is 2.30. The molecular weight excluding hydrogens is 484 g/mol. The van der Waals surface area contributed by atoms with Gasteiger partial charge >= 0.3 is 0 Å². The van der Waals surface area contributed by atoms with E-state index in [-0.39, 0.29) is 11.5 Å². The maximum atomic E-state index is 13.2. The molecule has 0 fully saturated rings. The molecule has 0 saturated carbocycles. The van der Waals surface area contributed by atoms with Crippen LogP contribution in [0, 0.1) is 0 Å². The minimum atomic E-state index is -0.231. The number of ketones is 1. The van der Waals surface area contributed by atoms with E-state index >= 15 is 0 Å². The summed E-state index contributed by atoms with van der Waals surface area (Å²) < 4.78 is 0. The Kier molecular flexibility index (Phi) is 10.8. The Hall–Kier alpha value is -3.54. The van der Waals surface area contributed by atoms with Gasteiger partial charge in [0.25, 0.3) is 0 Å². The van der Waals surface area contributed by atoms with Crippen molar-refractivity contribution in [3.8, 4) is 0 Å². The van der Waals surface area contributed by atoms with Gasteiger partial charge in [-0.1, -0.05) is 19.8 Å². The molecular formula is C33H46N4O2. The molecule has 0 spiro atoms. The minimum Gasteiger partial charge on any atom is -0.506 e. The van der Waals surface area contributed by atoms with Gasteiger partial charge < -0.3 is 20.2 Å². The largest absolute Gasteiger partial charge is 0.506 e. The van der Waals surface area contributed by atoms with E-state index in [1.807, 2.05) is 24.3 Å². The zero-order chi connectivity index (χ0) is 28.5. The summed E-state index contributed by atoms with van der Waals surface area (Å²) >= 11 is 0. The van der Waals surface area contributed by atoms with Crippen molar-refractivity contribution in [2.45, 2.75) is 86.2 Å². The van der Waals surface area contributed by atoms with Gasteiger partial charge in [-0.25, -0.2) is 4.99 Å².